The summed E-state index contributed by atoms with van der Waals surface area (Å²) >= 11 is 1.76. The molecule has 0 atom stereocenters. The molecule has 0 aliphatic carbocycles. The molecule has 0 unspecified atom stereocenters. The number of nitrogens with one attached hydrogen (secondary N) is 1. The second-order valence-corrected chi connectivity index (χ2v) is 10.9. The topological polar surface area (TPSA) is 93.5 Å². The molecule has 33 heavy (non-hydrogen) atoms. The van der Waals surface area contributed by atoms with Crippen molar-refractivity contribution in [2.75, 3.05) is 31.6 Å². The summed E-state index contributed by atoms with van der Waals surface area (Å²) in [7, 11) is -3.60. The molecule has 10 heteroatoms. The van der Waals surface area contributed by atoms with E-state index in [9.17, 15) is 13.2 Å². The molecule has 0 saturated carbocycles. The van der Waals surface area contributed by atoms with Crippen LogP contribution in [0.4, 0.5) is 5.82 Å². The van der Waals surface area contributed by atoms with Crippen molar-refractivity contribution in [2.45, 2.75) is 23.3 Å². The lowest BCUT2D eigenvalue weighted by molar-refractivity contribution is 0.0730. The van der Waals surface area contributed by atoms with Gasteiger partial charge in [0.1, 0.15) is 5.82 Å². The third-order valence-electron chi connectivity index (χ3n) is 5.75. The molecule has 5 rings (SSSR count). The van der Waals surface area contributed by atoms with Crippen LogP contribution in [-0.4, -0.2) is 54.7 Å². The van der Waals surface area contributed by atoms with Gasteiger partial charge in [0.05, 0.1) is 29.5 Å². The molecule has 8 nitrogen and oxygen atoms in total. The number of carbonyl (C=O) groups excluding carboxylic acids is 1. The van der Waals surface area contributed by atoms with Gasteiger partial charge in [-0.05, 0) is 48.9 Å². The van der Waals surface area contributed by atoms with Gasteiger partial charge < -0.3 is 10.1 Å². The molecule has 1 fully saturated rings. The van der Waals surface area contributed by atoms with Crippen molar-refractivity contribution in [1.29, 1.82) is 0 Å². The van der Waals surface area contributed by atoms with Crippen LogP contribution in [0.5, 0.6) is 0 Å². The lowest BCUT2D eigenvalue weighted by atomic mass is 10.2. The zero-order chi connectivity index (χ0) is 23.0. The van der Waals surface area contributed by atoms with Gasteiger partial charge in [-0.15, -0.1) is 0 Å². The van der Waals surface area contributed by atoms with E-state index in [-0.39, 0.29) is 10.8 Å². The standard InChI is InChI=1S/C23H24N4O4S2/c1-16-3-2-4-18(13-16)27-22(20-14-32-15-21(20)25-27)24-23(28)17-5-7-19(8-6-17)33(29,30)26-9-11-31-12-10-26/h2-8,13H,9-12,14-15H2,1H3,(H,24,28). The molecule has 1 saturated heterocycles. The van der Waals surface area contributed by atoms with Crippen LogP contribution in [0.25, 0.3) is 5.69 Å². The van der Waals surface area contributed by atoms with Gasteiger partial charge in [0, 0.05) is 35.7 Å². The Hall–Kier alpha value is -2.66. The fourth-order valence-corrected chi connectivity index (χ4v) is 6.42. The van der Waals surface area contributed by atoms with E-state index in [0.717, 1.165) is 34.0 Å². The number of sulfonamides is 1. The number of rotatable bonds is 5. The van der Waals surface area contributed by atoms with Gasteiger partial charge in [0.2, 0.25) is 10.0 Å². The maximum atomic E-state index is 13.1. The Morgan fingerprint density at radius 3 is 2.58 bits per heavy atom. The van der Waals surface area contributed by atoms with Crippen LogP contribution >= 0.6 is 11.8 Å². The summed E-state index contributed by atoms with van der Waals surface area (Å²) in [5, 5.41) is 7.75. The predicted octanol–water partition coefficient (Wildman–Crippen LogP) is 3.20. The largest absolute Gasteiger partial charge is 0.379 e. The van der Waals surface area contributed by atoms with Crippen LogP contribution in [0.1, 0.15) is 27.2 Å². The molecule has 3 aromatic rings. The number of aryl methyl sites for hydroxylation is 1. The Kier molecular flexibility index (Phi) is 6.00. The summed E-state index contributed by atoms with van der Waals surface area (Å²) in [4.78, 5) is 13.3. The predicted molar refractivity (Wildman–Crippen MR) is 127 cm³/mol. The molecule has 1 N–H and O–H groups in total. The van der Waals surface area contributed by atoms with E-state index in [4.69, 9.17) is 9.84 Å². The second kappa shape index (κ2) is 8.94. The summed E-state index contributed by atoms with van der Waals surface area (Å²) in [5.41, 5.74) is 4.38. The molecule has 2 aliphatic heterocycles. The van der Waals surface area contributed by atoms with Gasteiger partial charge in [0.25, 0.3) is 5.91 Å². The zero-order valence-corrected chi connectivity index (χ0v) is 19.8. The van der Waals surface area contributed by atoms with E-state index in [1.165, 1.54) is 16.4 Å². The van der Waals surface area contributed by atoms with Crippen LogP contribution in [0, 0.1) is 6.92 Å². The molecule has 0 radical (unpaired) electrons. The first-order valence-corrected chi connectivity index (χ1v) is 13.3. The van der Waals surface area contributed by atoms with E-state index in [2.05, 4.69) is 5.32 Å². The first-order chi connectivity index (χ1) is 15.9. The minimum Gasteiger partial charge on any atom is -0.379 e. The maximum absolute atomic E-state index is 13.1. The number of fused-ring (bicyclic) bond motifs is 1. The van der Waals surface area contributed by atoms with E-state index in [1.54, 1.807) is 28.6 Å². The van der Waals surface area contributed by atoms with Crippen molar-refractivity contribution in [1.82, 2.24) is 14.1 Å². The van der Waals surface area contributed by atoms with Gasteiger partial charge in [-0.1, -0.05) is 12.1 Å². The van der Waals surface area contributed by atoms with E-state index >= 15 is 0 Å². The smallest absolute Gasteiger partial charge is 0.256 e. The highest BCUT2D eigenvalue weighted by Gasteiger charge is 2.27. The van der Waals surface area contributed by atoms with Gasteiger partial charge in [-0.3, -0.25) is 4.79 Å². The average Bonchev–Trinajstić information content (AvgIpc) is 3.42. The van der Waals surface area contributed by atoms with Crippen LogP contribution in [0.3, 0.4) is 0 Å². The molecule has 2 aliphatic rings. The van der Waals surface area contributed by atoms with Gasteiger partial charge in [-0.2, -0.15) is 21.2 Å². The fraction of sp³-hybridized carbons (Fsp3) is 0.304. The molecule has 0 bridgehead atoms. The Labute approximate surface area is 197 Å². The van der Waals surface area contributed by atoms with Crippen LogP contribution in [-0.2, 0) is 26.3 Å². The minimum atomic E-state index is -3.60. The van der Waals surface area contributed by atoms with Crippen molar-refractivity contribution in [2.24, 2.45) is 0 Å². The second-order valence-electron chi connectivity index (χ2n) is 8.01. The molecule has 1 aromatic heterocycles. The van der Waals surface area contributed by atoms with E-state index in [0.29, 0.717) is 37.7 Å². The number of hydrogen-bond acceptors (Lipinski definition) is 6. The van der Waals surface area contributed by atoms with Crippen molar-refractivity contribution in [3.8, 4) is 5.69 Å². The molecule has 172 valence electrons. The van der Waals surface area contributed by atoms with Gasteiger partial charge in [0.15, 0.2) is 0 Å². The van der Waals surface area contributed by atoms with Crippen LogP contribution < -0.4 is 5.32 Å². The molecular formula is C23H24N4O4S2. The minimum absolute atomic E-state index is 0.169. The van der Waals surface area contributed by atoms with E-state index in [1.807, 2.05) is 31.2 Å². The number of benzene rings is 2. The molecule has 3 heterocycles. The zero-order valence-electron chi connectivity index (χ0n) is 18.2. The van der Waals surface area contributed by atoms with Crippen LogP contribution in [0.15, 0.2) is 53.4 Å². The van der Waals surface area contributed by atoms with Crippen molar-refractivity contribution >= 4 is 33.5 Å². The number of carbonyl (C=O) groups is 1. The Bertz CT molecular complexity index is 1300. The third-order valence-corrected chi connectivity index (χ3v) is 8.64. The highest BCUT2D eigenvalue weighted by molar-refractivity contribution is 7.98. The molecule has 0 spiro atoms. The van der Waals surface area contributed by atoms with Gasteiger partial charge in [-0.25, -0.2) is 13.1 Å². The number of nitrogens with zero attached hydrogens (tertiary/aromatic N) is 3. The number of hydrogen-bond donors (Lipinski definition) is 1. The molecule has 2 aromatic carbocycles. The first kappa shape index (κ1) is 22.1. The number of thioether (sulfide) groups is 1. The fourth-order valence-electron chi connectivity index (χ4n) is 3.98. The maximum Gasteiger partial charge on any atom is 0.256 e. The summed E-state index contributed by atoms with van der Waals surface area (Å²) in [6.45, 7) is 3.45. The summed E-state index contributed by atoms with van der Waals surface area (Å²) < 4.78 is 34.1. The highest BCUT2D eigenvalue weighted by Crippen LogP contribution is 2.36. The number of anilines is 1. The number of ether oxygens (including phenoxy) is 1. The van der Waals surface area contributed by atoms with Crippen molar-refractivity contribution in [3.63, 3.8) is 0 Å². The van der Waals surface area contributed by atoms with Crippen molar-refractivity contribution in [3.05, 3.63) is 70.9 Å². The number of aromatic nitrogens is 2. The third kappa shape index (κ3) is 4.31. The average molecular weight is 485 g/mol. The monoisotopic (exact) mass is 484 g/mol. The Morgan fingerprint density at radius 1 is 1.09 bits per heavy atom. The van der Waals surface area contributed by atoms with Gasteiger partial charge >= 0.3 is 0 Å². The summed E-state index contributed by atoms with van der Waals surface area (Å²) in [6.07, 6.45) is 0. The SMILES string of the molecule is Cc1cccc(-n2nc3c(c2NC(=O)c2ccc(S(=O)(=O)N4CCOCC4)cc2)CSC3)c1. The highest BCUT2D eigenvalue weighted by atomic mass is 32.2. The summed E-state index contributed by atoms with van der Waals surface area (Å²) in [5.74, 6) is 1.95. The quantitative estimate of drug-likeness (QED) is 0.598. The van der Waals surface area contributed by atoms with Crippen molar-refractivity contribution < 1.29 is 17.9 Å². The molecule has 1 amide bonds. The lowest BCUT2D eigenvalue weighted by Gasteiger charge is -2.26. The van der Waals surface area contributed by atoms with E-state index < -0.39 is 10.0 Å². The number of amides is 1. The lowest BCUT2D eigenvalue weighted by Crippen LogP contribution is -2.40. The summed E-state index contributed by atoms with van der Waals surface area (Å²) in [6, 6.07) is 14.0. The number of morpholine rings is 1. The normalized spacial score (nSPS) is 16.5. The first-order valence-electron chi connectivity index (χ1n) is 10.7. The van der Waals surface area contributed by atoms with Crippen LogP contribution in [0.2, 0.25) is 0 Å². The Morgan fingerprint density at radius 2 is 1.85 bits per heavy atom. The molecular weight excluding hydrogens is 460 g/mol. The Balaban J connectivity index is 1.40.